The highest BCUT2D eigenvalue weighted by Gasteiger charge is 2.17. The molecule has 2 N–H and O–H groups in total. The lowest BCUT2D eigenvalue weighted by atomic mass is 10.4. The van der Waals surface area contributed by atoms with Crippen molar-refractivity contribution in [2.24, 2.45) is 5.73 Å². The topological polar surface area (TPSA) is 56.2 Å². The fraction of sp³-hybridized carbons (Fsp3) is 0.167. The second-order valence-corrected chi connectivity index (χ2v) is 2.74. The summed E-state index contributed by atoms with van der Waals surface area (Å²) in [5.41, 5.74) is 4.92. The fourth-order valence-corrected chi connectivity index (χ4v) is 1.04. The summed E-state index contributed by atoms with van der Waals surface area (Å²) < 4.78 is 4.87. The average Bonchev–Trinajstić information content (AvgIpc) is 2.17. The smallest absolute Gasteiger partial charge is 0.286 e. The maximum absolute atomic E-state index is 10.6. The summed E-state index contributed by atoms with van der Waals surface area (Å²) in [7, 11) is 0. The Bertz CT molecular complexity index is 306. The third kappa shape index (κ3) is 1.34. The third-order valence-corrected chi connectivity index (χ3v) is 2.09. The minimum atomic E-state index is -0.718. The van der Waals surface area contributed by atoms with Crippen molar-refractivity contribution in [1.29, 1.82) is 0 Å². The first-order valence-electron chi connectivity index (χ1n) is 2.78. The Morgan fingerprint density at radius 3 is 2.18 bits per heavy atom. The van der Waals surface area contributed by atoms with E-state index in [1.54, 1.807) is 6.92 Å². The minimum absolute atomic E-state index is 0.0802. The molecule has 0 aliphatic heterocycles. The van der Waals surface area contributed by atoms with Gasteiger partial charge in [-0.3, -0.25) is 4.79 Å². The van der Waals surface area contributed by atoms with E-state index in [0.717, 1.165) is 0 Å². The zero-order valence-electron chi connectivity index (χ0n) is 5.65. The van der Waals surface area contributed by atoms with Gasteiger partial charge in [0.2, 0.25) is 5.76 Å². The molecule has 3 nitrogen and oxygen atoms in total. The third-order valence-electron chi connectivity index (χ3n) is 1.18. The molecule has 1 amide bonds. The molecule has 0 spiro atoms. The fourth-order valence-electron chi connectivity index (χ4n) is 0.655. The van der Waals surface area contributed by atoms with E-state index in [1.165, 1.54) is 0 Å². The van der Waals surface area contributed by atoms with Gasteiger partial charge in [0, 0.05) is 0 Å². The highest BCUT2D eigenvalue weighted by molar-refractivity contribution is 6.44. The molecule has 0 unspecified atom stereocenters. The number of primary amides is 1. The summed E-state index contributed by atoms with van der Waals surface area (Å²) in [6.07, 6.45) is 0. The van der Waals surface area contributed by atoms with E-state index in [-0.39, 0.29) is 15.8 Å². The number of halogens is 2. The largest absolute Gasteiger partial charge is 0.453 e. The molecule has 1 rings (SSSR count). The molecule has 0 radical (unpaired) electrons. The van der Waals surface area contributed by atoms with Gasteiger partial charge in [-0.15, -0.1) is 0 Å². The van der Waals surface area contributed by atoms with E-state index in [0.29, 0.717) is 5.76 Å². The number of carbonyl (C=O) groups excluding carboxylic acids is 1. The van der Waals surface area contributed by atoms with Crippen LogP contribution in [-0.4, -0.2) is 5.91 Å². The number of furan rings is 1. The summed E-state index contributed by atoms with van der Waals surface area (Å²) in [6.45, 7) is 1.60. The van der Waals surface area contributed by atoms with Gasteiger partial charge in [0.15, 0.2) is 0 Å². The molecule has 0 saturated carbocycles. The van der Waals surface area contributed by atoms with Crippen molar-refractivity contribution in [3.8, 4) is 0 Å². The highest BCUT2D eigenvalue weighted by atomic mass is 35.5. The van der Waals surface area contributed by atoms with Crippen LogP contribution in [0.3, 0.4) is 0 Å². The summed E-state index contributed by atoms with van der Waals surface area (Å²) in [6, 6.07) is 0. The Morgan fingerprint density at radius 2 is 2.00 bits per heavy atom. The van der Waals surface area contributed by atoms with Gasteiger partial charge < -0.3 is 10.2 Å². The van der Waals surface area contributed by atoms with Crippen LogP contribution in [0.5, 0.6) is 0 Å². The van der Waals surface area contributed by atoms with Crippen LogP contribution < -0.4 is 5.73 Å². The van der Waals surface area contributed by atoms with Gasteiger partial charge in [-0.25, -0.2) is 0 Å². The standard InChI is InChI=1S/C6H5Cl2NO2/c1-2-3(7)4(8)5(11-2)6(9)10/h1H3,(H2,9,10). The second-order valence-electron chi connectivity index (χ2n) is 1.98. The van der Waals surface area contributed by atoms with E-state index in [2.05, 4.69) is 0 Å². The van der Waals surface area contributed by atoms with Crippen molar-refractivity contribution in [3.63, 3.8) is 0 Å². The zero-order valence-corrected chi connectivity index (χ0v) is 7.16. The Labute approximate surface area is 73.1 Å². The number of nitrogens with two attached hydrogens (primary N) is 1. The van der Waals surface area contributed by atoms with Crippen LogP contribution in [0.1, 0.15) is 16.3 Å². The molecule has 1 heterocycles. The van der Waals surface area contributed by atoms with Crippen LogP contribution in [0.25, 0.3) is 0 Å². The average molecular weight is 194 g/mol. The van der Waals surface area contributed by atoms with Crippen LogP contribution in [0.4, 0.5) is 0 Å². The van der Waals surface area contributed by atoms with Crippen molar-refractivity contribution >= 4 is 29.1 Å². The second kappa shape index (κ2) is 2.75. The van der Waals surface area contributed by atoms with Gasteiger partial charge in [0.25, 0.3) is 5.91 Å². The lowest BCUT2D eigenvalue weighted by Gasteiger charge is -1.86. The van der Waals surface area contributed by atoms with Gasteiger partial charge in [0.1, 0.15) is 15.8 Å². The van der Waals surface area contributed by atoms with Crippen molar-refractivity contribution < 1.29 is 9.21 Å². The van der Waals surface area contributed by atoms with Crippen molar-refractivity contribution in [2.45, 2.75) is 6.92 Å². The maximum atomic E-state index is 10.6. The van der Waals surface area contributed by atoms with Crippen LogP contribution in [-0.2, 0) is 0 Å². The monoisotopic (exact) mass is 193 g/mol. The molecule has 1 aromatic heterocycles. The molecule has 0 aliphatic carbocycles. The highest BCUT2D eigenvalue weighted by Crippen LogP contribution is 2.31. The number of aryl methyl sites for hydroxylation is 1. The van der Waals surface area contributed by atoms with Crippen LogP contribution in [0.15, 0.2) is 4.42 Å². The van der Waals surface area contributed by atoms with Crippen molar-refractivity contribution in [2.75, 3.05) is 0 Å². The molecule has 0 aromatic carbocycles. The van der Waals surface area contributed by atoms with Crippen molar-refractivity contribution in [1.82, 2.24) is 0 Å². The maximum Gasteiger partial charge on any atom is 0.286 e. The summed E-state index contributed by atoms with van der Waals surface area (Å²) in [4.78, 5) is 10.6. The summed E-state index contributed by atoms with van der Waals surface area (Å²) in [5.74, 6) is -0.412. The van der Waals surface area contributed by atoms with E-state index >= 15 is 0 Å². The first-order valence-corrected chi connectivity index (χ1v) is 3.53. The number of rotatable bonds is 1. The molecule has 11 heavy (non-hydrogen) atoms. The van der Waals surface area contributed by atoms with Gasteiger partial charge in [-0.1, -0.05) is 23.2 Å². The lowest BCUT2D eigenvalue weighted by molar-refractivity contribution is 0.0973. The Morgan fingerprint density at radius 1 is 1.45 bits per heavy atom. The normalized spacial score (nSPS) is 10.1. The van der Waals surface area contributed by atoms with Crippen LogP contribution in [0, 0.1) is 6.92 Å². The Hall–Kier alpha value is -0.670. The minimum Gasteiger partial charge on any atom is -0.453 e. The molecule has 0 saturated heterocycles. The van der Waals surface area contributed by atoms with Gasteiger partial charge >= 0.3 is 0 Å². The molecule has 0 aliphatic rings. The number of hydrogen-bond acceptors (Lipinski definition) is 2. The van der Waals surface area contributed by atoms with E-state index in [1.807, 2.05) is 0 Å². The van der Waals surface area contributed by atoms with Crippen LogP contribution in [0.2, 0.25) is 10.0 Å². The molecule has 0 atom stereocenters. The SMILES string of the molecule is Cc1oc(C(N)=O)c(Cl)c1Cl. The van der Waals surface area contributed by atoms with E-state index in [9.17, 15) is 4.79 Å². The molecule has 0 bridgehead atoms. The van der Waals surface area contributed by atoms with Gasteiger partial charge in [0.05, 0.1) is 0 Å². The quantitative estimate of drug-likeness (QED) is 0.742. The predicted molar refractivity (Wildman–Crippen MR) is 42.0 cm³/mol. The lowest BCUT2D eigenvalue weighted by Crippen LogP contribution is -2.09. The van der Waals surface area contributed by atoms with E-state index < -0.39 is 5.91 Å². The summed E-state index contributed by atoms with van der Waals surface area (Å²) in [5, 5.41) is 0.317. The Kier molecular flexibility index (Phi) is 2.11. The molecular weight excluding hydrogens is 189 g/mol. The first-order chi connectivity index (χ1) is 5.04. The van der Waals surface area contributed by atoms with E-state index in [4.69, 9.17) is 33.4 Å². The van der Waals surface area contributed by atoms with Crippen LogP contribution >= 0.6 is 23.2 Å². The molecule has 0 fully saturated rings. The Balaban J connectivity index is 3.29. The molecule has 1 aromatic rings. The summed E-state index contributed by atoms with van der Waals surface area (Å²) >= 11 is 11.2. The molecular formula is C6H5Cl2NO2. The first kappa shape index (κ1) is 8.43. The predicted octanol–water partition coefficient (Wildman–Crippen LogP) is 1.99. The van der Waals surface area contributed by atoms with Crippen molar-refractivity contribution in [3.05, 3.63) is 21.6 Å². The number of hydrogen-bond donors (Lipinski definition) is 1. The molecule has 60 valence electrons. The van der Waals surface area contributed by atoms with Gasteiger partial charge in [-0.2, -0.15) is 0 Å². The number of carbonyl (C=O) groups is 1. The zero-order chi connectivity index (χ0) is 8.59. The van der Waals surface area contributed by atoms with Gasteiger partial charge in [-0.05, 0) is 6.92 Å². The number of amides is 1. The molecule has 5 heteroatoms.